The highest BCUT2D eigenvalue weighted by molar-refractivity contribution is 6.31. The Bertz CT molecular complexity index is 1150. The van der Waals surface area contributed by atoms with Gasteiger partial charge in [0.05, 0.1) is 17.4 Å². The Morgan fingerprint density at radius 1 is 1.16 bits per heavy atom. The number of amides is 1. The van der Waals surface area contributed by atoms with Gasteiger partial charge >= 0.3 is 6.09 Å². The second kappa shape index (κ2) is 9.21. The van der Waals surface area contributed by atoms with Crippen LogP contribution in [-0.2, 0) is 4.74 Å². The van der Waals surface area contributed by atoms with Crippen LogP contribution in [0.1, 0.15) is 53.4 Å². The lowest BCUT2D eigenvalue weighted by Crippen LogP contribution is -2.30. The molecule has 0 fully saturated rings. The fraction of sp³-hybridized carbons (Fsp3) is 0.308. The van der Waals surface area contributed by atoms with Gasteiger partial charge in [-0.25, -0.2) is 9.48 Å². The molecule has 0 saturated carbocycles. The molecule has 0 saturated heterocycles. The van der Waals surface area contributed by atoms with Gasteiger partial charge in [0.1, 0.15) is 6.10 Å². The van der Waals surface area contributed by atoms with E-state index in [1.165, 1.54) is 5.56 Å². The third-order valence-corrected chi connectivity index (χ3v) is 6.46. The molecule has 32 heavy (non-hydrogen) atoms. The summed E-state index contributed by atoms with van der Waals surface area (Å²) in [6.45, 7) is 8.02. The number of aromatic nitrogens is 2. The molecule has 0 aliphatic heterocycles. The number of aryl methyl sites for hydroxylation is 2. The molecule has 3 aromatic rings. The van der Waals surface area contributed by atoms with E-state index in [9.17, 15) is 4.79 Å². The molecule has 1 aliphatic carbocycles. The fourth-order valence-electron chi connectivity index (χ4n) is 4.30. The fourth-order valence-corrected chi connectivity index (χ4v) is 4.47. The van der Waals surface area contributed by atoms with Crippen LogP contribution in [0.2, 0.25) is 5.02 Å². The first-order chi connectivity index (χ1) is 15.3. The number of alkyl carbamates (subject to hydrolysis) is 1. The average molecular weight is 450 g/mol. The van der Waals surface area contributed by atoms with Crippen molar-refractivity contribution in [2.45, 2.75) is 52.2 Å². The number of hydrogen-bond acceptors (Lipinski definition) is 3. The molecular weight excluding hydrogens is 422 g/mol. The highest BCUT2D eigenvalue weighted by atomic mass is 35.5. The zero-order valence-corrected chi connectivity index (χ0v) is 19.6. The summed E-state index contributed by atoms with van der Waals surface area (Å²) >= 11 is 6.33. The van der Waals surface area contributed by atoms with Crippen LogP contribution in [0.4, 0.5) is 4.79 Å². The number of carbonyl (C=O) groups is 1. The standard InChI is InChI=1S/C26H28ClN3O2/c1-16-10-12-22(15-24(16)27)30-19(4)25(18(3)29-30)21-11-13-23(14-21)32-26(31)28-17(2)20-8-6-5-7-9-20/h5-13,15,17,21,23H,14H2,1-4H3,(H,28,31)/t17-,21+,23-/m1/s1. The first-order valence-electron chi connectivity index (χ1n) is 10.9. The van der Waals surface area contributed by atoms with Gasteiger partial charge in [0.15, 0.2) is 0 Å². The van der Waals surface area contributed by atoms with E-state index in [4.69, 9.17) is 21.4 Å². The Hall–Kier alpha value is -3.05. The maximum atomic E-state index is 12.4. The largest absolute Gasteiger partial charge is 0.442 e. The summed E-state index contributed by atoms with van der Waals surface area (Å²) in [5, 5.41) is 8.39. The molecule has 6 heteroatoms. The Kier molecular flexibility index (Phi) is 6.38. The highest BCUT2D eigenvalue weighted by Gasteiger charge is 2.28. The number of halogens is 1. The topological polar surface area (TPSA) is 56.2 Å². The van der Waals surface area contributed by atoms with E-state index in [1.54, 1.807) is 0 Å². The highest BCUT2D eigenvalue weighted by Crippen LogP contribution is 2.35. The number of allylic oxidation sites excluding steroid dienone is 1. The summed E-state index contributed by atoms with van der Waals surface area (Å²) in [5.74, 6) is 0.147. The van der Waals surface area contributed by atoms with E-state index in [2.05, 4.69) is 18.3 Å². The molecule has 4 rings (SSSR count). The molecule has 1 heterocycles. The van der Waals surface area contributed by atoms with Crippen molar-refractivity contribution >= 4 is 17.7 Å². The predicted molar refractivity (Wildman–Crippen MR) is 128 cm³/mol. The molecule has 1 amide bonds. The number of nitrogens with zero attached hydrogens (tertiary/aromatic N) is 2. The normalized spacial score (nSPS) is 18.5. The summed E-state index contributed by atoms with van der Waals surface area (Å²) in [4.78, 5) is 12.4. The molecular formula is C26H28ClN3O2. The number of nitrogens with one attached hydrogen (secondary N) is 1. The molecule has 0 bridgehead atoms. The van der Waals surface area contributed by atoms with Gasteiger partial charge in [-0.2, -0.15) is 5.10 Å². The van der Waals surface area contributed by atoms with Crippen LogP contribution in [0, 0.1) is 20.8 Å². The number of rotatable bonds is 5. The van der Waals surface area contributed by atoms with Crippen LogP contribution in [0.15, 0.2) is 60.7 Å². The molecule has 1 aliphatic rings. The number of benzene rings is 2. The van der Waals surface area contributed by atoms with Crippen LogP contribution < -0.4 is 5.32 Å². The van der Waals surface area contributed by atoms with Gasteiger partial charge in [0.25, 0.3) is 0 Å². The van der Waals surface area contributed by atoms with Gasteiger partial charge < -0.3 is 10.1 Å². The van der Waals surface area contributed by atoms with Gasteiger partial charge in [-0.1, -0.05) is 54.1 Å². The number of hydrogen-bond donors (Lipinski definition) is 1. The Balaban J connectivity index is 1.42. The van der Waals surface area contributed by atoms with Crippen molar-refractivity contribution in [3.8, 4) is 5.69 Å². The zero-order chi connectivity index (χ0) is 22.8. The molecule has 0 spiro atoms. The molecule has 2 aromatic carbocycles. The van der Waals surface area contributed by atoms with Crippen molar-refractivity contribution in [1.82, 2.24) is 15.1 Å². The summed E-state index contributed by atoms with van der Waals surface area (Å²) in [6.07, 6.45) is 4.11. The van der Waals surface area contributed by atoms with E-state index in [1.807, 2.05) is 80.1 Å². The van der Waals surface area contributed by atoms with Gasteiger partial charge in [-0.3, -0.25) is 0 Å². The summed E-state index contributed by atoms with van der Waals surface area (Å²) in [5.41, 5.74) is 6.23. The summed E-state index contributed by atoms with van der Waals surface area (Å²) in [7, 11) is 0. The van der Waals surface area contributed by atoms with Crippen LogP contribution in [0.3, 0.4) is 0 Å². The number of ether oxygens (including phenoxy) is 1. The molecule has 0 unspecified atom stereocenters. The Labute approximate surface area is 194 Å². The van der Waals surface area contributed by atoms with Crippen LogP contribution >= 0.6 is 11.6 Å². The van der Waals surface area contributed by atoms with Gasteiger partial charge in [0, 0.05) is 22.2 Å². The quantitative estimate of drug-likeness (QED) is 0.461. The minimum Gasteiger partial charge on any atom is -0.442 e. The molecule has 1 aromatic heterocycles. The van der Waals surface area contributed by atoms with Crippen molar-refractivity contribution < 1.29 is 9.53 Å². The number of carbonyl (C=O) groups excluding carboxylic acids is 1. The van der Waals surface area contributed by atoms with Crippen molar-refractivity contribution in [1.29, 1.82) is 0 Å². The lowest BCUT2D eigenvalue weighted by Gasteiger charge is -2.18. The van der Waals surface area contributed by atoms with E-state index in [0.717, 1.165) is 33.2 Å². The SMILES string of the molecule is Cc1ccc(-n2nc(C)c([C@H]3C=C[C@@H](OC(=O)N[C@H](C)c4ccccc4)C3)c2C)cc1Cl. The zero-order valence-electron chi connectivity index (χ0n) is 18.8. The average Bonchev–Trinajstić information content (AvgIpc) is 3.33. The summed E-state index contributed by atoms with van der Waals surface area (Å²) in [6, 6.07) is 15.7. The minimum atomic E-state index is -0.407. The maximum absolute atomic E-state index is 12.4. The van der Waals surface area contributed by atoms with E-state index in [-0.39, 0.29) is 18.1 Å². The van der Waals surface area contributed by atoms with Crippen molar-refractivity contribution in [2.75, 3.05) is 0 Å². The van der Waals surface area contributed by atoms with Crippen LogP contribution in [-0.4, -0.2) is 22.0 Å². The molecule has 166 valence electrons. The molecule has 3 atom stereocenters. The predicted octanol–water partition coefficient (Wildman–Crippen LogP) is 6.35. The van der Waals surface area contributed by atoms with Crippen molar-refractivity contribution in [3.63, 3.8) is 0 Å². The van der Waals surface area contributed by atoms with Crippen LogP contribution in [0.5, 0.6) is 0 Å². The molecule has 0 radical (unpaired) electrons. The Morgan fingerprint density at radius 3 is 2.62 bits per heavy atom. The first-order valence-corrected chi connectivity index (χ1v) is 11.2. The van der Waals surface area contributed by atoms with Gasteiger partial charge in [0.2, 0.25) is 0 Å². The maximum Gasteiger partial charge on any atom is 0.408 e. The second-order valence-corrected chi connectivity index (χ2v) is 8.78. The first kappa shape index (κ1) is 22.2. The molecule has 1 N–H and O–H groups in total. The lowest BCUT2D eigenvalue weighted by molar-refractivity contribution is 0.115. The molecule has 5 nitrogen and oxygen atoms in total. The van der Waals surface area contributed by atoms with Gasteiger partial charge in [-0.15, -0.1) is 0 Å². The van der Waals surface area contributed by atoms with E-state index < -0.39 is 6.09 Å². The summed E-state index contributed by atoms with van der Waals surface area (Å²) < 4.78 is 7.61. The van der Waals surface area contributed by atoms with Crippen molar-refractivity contribution in [2.24, 2.45) is 0 Å². The van der Waals surface area contributed by atoms with E-state index in [0.29, 0.717) is 6.42 Å². The lowest BCUT2D eigenvalue weighted by atomic mass is 9.96. The smallest absolute Gasteiger partial charge is 0.408 e. The minimum absolute atomic E-state index is 0.117. The Morgan fingerprint density at radius 2 is 1.91 bits per heavy atom. The third-order valence-electron chi connectivity index (χ3n) is 6.05. The second-order valence-electron chi connectivity index (χ2n) is 8.38. The monoisotopic (exact) mass is 449 g/mol. The van der Waals surface area contributed by atoms with Crippen LogP contribution in [0.25, 0.3) is 5.69 Å². The van der Waals surface area contributed by atoms with Crippen molar-refractivity contribution in [3.05, 3.63) is 93.8 Å². The van der Waals surface area contributed by atoms with Gasteiger partial charge in [-0.05, 0) is 63.5 Å². The van der Waals surface area contributed by atoms with E-state index >= 15 is 0 Å². The third kappa shape index (κ3) is 4.58.